The van der Waals surface area contributed by atoms with Crippen LogP contribution < -0.4 is 9.04 Å². The van der Waals surface area contributed by atoms with Gasteiger partial charge in [0.1, 0.15) is 5.69 Å². The summed E-state index contributed by atoms with van der Waals surface area (Å²) < 4.78 is 73.1. The topological polar surface area (TPSA) is 89.7 Å². The van der Waals surface area contributed by atoms with Crippen LogP contribution in [0.25, 0.3) is 5.78 Å². The van der Waals surface area contributed by atoms with E-state index in [1.54, 1.807) is 0 Å². The van der Waals surface area contributed by atoms with Gasteiger partial charge in [0.25, 0.3) is 10.9 Å². The first kappa shape index (κ1) is 17.9. The third-order valence-corrected chi connectivity index (χ3v) is 5.03. The molecule has 0 N–H and O–H groups in total. The van der Waals surface area contributed by atoms with Crippen LogP contribution in [-0.4, -0.2) is 41.9 Å². The standard InChI is InChI=1S/C14H12F3N5O3S/c1-8-3-4-9(16)12(11(8)17)21(7-15)26(23,24)14-19-13-18-6-5-10(25-2)22(13)20-14/h3-6H,7H2,1-2H3. The zero-order valence-corrected chi connectivity index (χ0v) is 14.3. The van der Waals surface area contributed by atoms with Crippen molar-refractivity contribution in [1.29, 1.82) is 0 Å². The van der Waals surface area contributed by atoms with Crippen molar-refractivity contribution in [3.05, 3.63) is 41.6 Å². The molecule has 3 aromatic rings. The Morgan fingerprint density at radius 3 is 2.65 bits per heavy atom. The fourth-order valence-electron chi connectivity index (χ4n) is 2.23. The monoisotopic (exact) mass is 387 g/mol. The molecule has 8 nitrogen and oxygen atoms in total. The number of halogens is 3. The van der Waals surface area contributed by atoms with E-state index in [2.05, 4.69) is 15.1 Å². The summed E-state index contributed by atoms with van der Waals surface area (Å²) in [6, 6.07) is 3.34. The fraction of sp³-hybridized carbons (Fsp3) is 0.214. The maximum atomic E-state index is 14.3. The molecule has 1 aromatic carbocycles. The van der Waals surface area contributed by atoms with E-state index < -0.39 is 39.3 Å². The molecule has 2 aromatic heterocycles. The summed E-state index contributed by atoms with van der Waals surface area (Å²) in [5.41, 5.74) is -1.10. The van der Waals surface area contributed by atoms with E-state index in [9.17, 15) is 21.6 Å². The Morgan fingerprint density at radius 1 is 1.27 bits per heavy atom. The first-order chi connectivity index (χ1) is 12.3. The number of hydrogen-bond donors (Lipinski definition) is 0. The van der Waals surface area contributed by atoms with Crippen molar-refractivity contribution in [3.8, 4) is 5.88 Å². The van der Waals surface area contributed by atoms with Gasteiger partial charge in [-0.15, -0.1) is 5.10 Å². The van der Waals surface area contributed by atoms with E-state index in [0.29, 0.717) is 0 Å². The molecule has 12 heteroatoms. The lowest BCUT2D eigenvalue weighted by molar-refractivity contribution is 0.383. The number of alkyl halides is 1. The summed E-state index contributed by atoms with van der Waals surface area (Å²) in [5, 5.41) is 2.83. The minimum atomic E-state index is -4.81. The first-order valence-electron chi connectivity index (χ1n) is 7.10. The zero-order chi connectivity index (χ0) is 19.1. The lowest BCUT2D eigenvalue weighted by Gasteiger charge is -2.20. The molecule has 0 saturated heterocycles. The summed E-state index contributed by atoms with van der Waals surface area (Å²) in [4.78, 5) is 7.50. The van der Waals surface area contributed by atoms with Crippen molar-refractivity contribution in [2.75, 3.05) is 18.2 Å². The van der Waals surface area contributed by atoms with Crippen LogP contribution in [0.5, 0.6) is 5.88 Å². The van der Waals surface area contributed by atoms with Crippen LogP contribution in [0.3, 0.4) is 0 Å². The van der Waals surface area contributed by atoms with E-state index in [4.69, 9.17) is 4.74 Å². The van der Waals surface area contributed by atoms with Gasteiger partial charge in [0, 0.05) is 12.3 Å². The van der Waals surface area contributed by atoms with Gasteiger partial charge in [0.05, 0.1) is 7.11 Å². The van der Waals surface area contributed by atoms with Crippen LogP contribution >= 0.6 is 0 Å². The second-order valence-corrected chi connectivity index (χ2v) is 6.85. The molecule has 0 bridgehead atoms. The number of fused-ring (bicyclic) bond motifs is 1. The molecule has 0 fully saturated rings. The second-order valence-electron chi connectivity index (χ2n) is 5.09. The van der Waals surface area contributed by atoms with Gasteiger partial charge in [-0.2, -0.15) is 17.9 Å². The van der Waals surface area contributed by atoms with Gasteiger partial charge in [-0.25, -0.2) is 22.5 Å². The molecule has 0 aliphatic rings. The van der Waals surface area contributed by atoms with Gasteiger partial charge in [-0.3, -0.25) is 0 Å². The summed E-state index contributed by atoms with van der Waals surface area (Å²) in [5.74, 6) is -2.48. The number of aryl methyl sites for hydroxylation is 1. The number of rotatable bonds is 5. The van der Waals surface area contributed by atoms with Crippen LogP contribution in [-0.2, 0) is 10.0 Å². The number of sulfonamides is 1. The van der Waals surface area contributed by atoms with Crippen LogP contribution in [0.2, 0.25) is 0 Å². The normalized spacial score (nSPS) is 11.7. The Balaban J connectivity index is 2.19. The summed E-state index contributed by atoms with van der Waals surface area (Å²) in [6.07, 6.45) is 1.30. The smallest absolute Gasteiger partial charge is 0.304 e. The second kappa shape index (κ2) is 6.44. The number of nitrogens with zero attached hydrogens (tertiary/aromatic N) is 5. The predicted molar refractivity (Wildman–Crippen MR) is 84.1 cm³/mol. The van der Waals surface area contributed by atoms with E-state index in [1.807, 2.05) is 0 Å². The quantitative estimate of drug-likeness (QED) is 0.621. The third-order valence-electron chi connectivity index (χ3n) is 3.53. The number of anilines is 1. The Morgan fingerprint density at radius 2 is 2.00 bits per heavy atom. The molecule has 0 amide bonds. The van der Waals surface area contributed by atoms with E-state index in [-0.39, 0.29) is 21.5 Å². The molecular weight excluding hydrogens is 375 g/mol. The number of ether oxygens (including phenoxy) is 1. The summed E-state index contributed by atoms with van der Waals surface area (Å²) >= 11 is 0. The molecule has 0 saturated carbocycles. The molecule has 0 atom stereocenters. The molecule has 2 heterocycles. The van der Waals surface area contributed by atoms with Crippen LogP contribution in [0.15, 0.2) is 29.6 Å². The minimum Gasteiger partial charge on any atom is -0.481 e. The van der Waals surface area contributed by atoms with Crippen LogP contribution in [0, 0.1) is 18.6 Å². The Hall–Kier alpha value is -2.89. The van der Waals surface area contributed by atoms with Crippen molar-refractivity contribution in [2.45, 2.75) is 12.1 Å². The molecule has 0 aliphatic heterocycles. The van der Waals surface area contributed by atoms with Gasteiger partial charge < -0.3 is 4.74 Å². The minimum absolute atomic E-state index is 0.0543. The largest absolute Gasteiger partial charge is 0.481 e. The average molecular weight is 387 g/mol. The highest BCUT2D eigenvalue weighted by molar-refractivity contribution is 7.92. The number of aromatic nitrogens is 4. The molecular formula is C14H12F3N5O3S. The molecule has 26 heavy (non-hydrogen) atoms. The summed E-state index contributed by atoms with van der Waals surface area (Å²) in [6.45, 7) is -0.432. The third kappa shape index (κ3) is 2.71. The zero-order valence-electron chi connectivity index (χ0n) is 13.5. The van der Waals surface area contributed by atoms with Gasteiger partial charge in [-0.05, 0) is 18.6 Å². The van der Waals surface area contributed by atoms with Crippen molar-refractivity contribution < 1.29 is 26.3 Å². The van der Waals surface area contributed by atoms with Crippen LogP contribution in [0.1, 0.15) is 5.56 Å². The molecule has 0 radical (unpaired) electrons. The van der Waals surface area contributed by atoms with E-state index in [0.717, 1.165) is 16.6 Å². The van der Waals surface area contributed by atoms with E-state index in [1.165, 1.54) is 26.3 Å². The average Bonchev–Trinajstić information content (AvgIpc) is 3.07. The predicted octanol–water partition coefficient (Wildman–Crippen LogP) is 1.84. The fourth-order valence-corrected chi connectivity index (χ4v) is 3.35. The van der Waals surface area contributed by atoms with Crippen LogP contribution in [0.4, 0.5) is 18.9 Å². The van der Waals surface area contributed by atoms with Gasteiger partial charge in [0.15, 0.2) is 18.4 Å². The number of benzene rings is 1. The molecule has 3 rings (SSSR count). The molecule has 138 valence electrons. The maximum Gasteiger partial charge on any atom is 0.304 e. The van der Waals surface area contributed by atoms with Crippen molar-refractivity contribution in [3.63, 3.8) is 0 Å². The first-order valence-corrected chi connectivity index (χ1v) is 8.54. The Labute approximate surface area is 145 Å². The highest BCUT2D eigenvalue weighted by atomic mass is 32.2. The van der Waals surface area contributed by atoms with Gasteiger partial charge in [0.2, 0.25) is 5.88 Å². The van der Waals surface area contributed by atoms with Crippen molar-refractivity contribution >= 4 is 21.5 Å². The Kier molecular flexibility index (Phi) is 4.44. The van der Waals surface area contributed by atoms with Crippen molar-refractivity contribution in [2.24, 2.45) is 0 Å². The van der Waals surface area contributed by atoms with Crippen molar-refractivity contribution in [1.82, 2.24) is 19.6 Å². The molecule has 0 aliphatic carbocycles. The molecule has 0 spiro atoms. The lowest BCUT2D eigenvalue weighted by Crippen LogP contribution is -2.33. The van der Waals surface area contributed by atoms with Gasteiger partial charge in [-0.1, -0.05) is 6.07 Å². The SMILES string of the molecule is COc1ccnc2nc(S(=O)(=O)N(CF)c3c(F)ccc(C)c3F)nn12. The highest BCUT2D eigenvalue weighted by Crippen LogP contribution is 2.30. The number of methoxy groups -OCH3 is 1. The maximum absolute atomic E-state index is 14.3. The molecule has 0 unspecified atom stereocenters. The van der Waals surface area contributed by atoms with E-state index >= 15 is 0 Å². The lowest BCUT2D eigenvalue weighted by atomic mass is 10.2. The summed E-state index contributed by atoms with van der Waals surface area (Å²) in [7, 11) is -3.50. The van der Waals surface area contributed by atoms with Gasteiger partial charge >= 0.3 is 10.0 Å². The number of hydrogen-bond acceptors (Lipinski definition) is 6. The Bertz CT molecular complexity index is 1090. The highest BCUT2D eigenvalue weighted by Gasteiger charge is 2.34.